The number of pyridine rings is 1. The average molecular weight is 600 g/mol. The van der Waals surface area contributed by atoms with E-state index in [-0.39, 0.29) is 17.6 Å². The number of anilines is 2. The predicted octanol–water partition coefficient (Wildman–Crippen LogP) is 6.10. The summed E-state index contributed by atoms with van der Waals surface area (Å²) in [6, 6.07) is 18.6. The van der Waals surface area contributed by atoms with Crippen LogP contribution in [0.2, 0.25) is 0 Å². The van der Waals surface area contributed by atoms with Crippen LogP contribution in [0, 0.1) is 17.1 Å². The van der Waals surface area contributed by atoms with Gasteiger partial charge in [0.25, 0.3) is 5.91 Å². The first-order valence-corrected chi connectivity index (χ1v) is 15.3. The van der Waals surface area contributed by atoms with Gasteiger partial charge in [-0.05, 0) is 60.7 Å². The summed E-state index contributed by atoms with van der Waals surface area (Å²) in [6.45, 7) is 3.57. The zero-order valence-electron chi connectivity index (χ0n) is 24.8. The summed E-state index contributed by atoms with van der Waals surface area (Å²) in [4.78, 5) is 23.5. The van der Waals surface area contributed by atoms with E-state index in [1.807, 2.05) is 41.9 Å². The van der Waals surface area contributed by atoms with Crippen molar-refractivity contribution in [1.82, 2.24) is 24.6 Å². The molecule has 2 aliphatic heterocycles. The van der Waals surface area contributed by atoms with Crippen LogP contribution < -0.4 is 4.90 Å². The highest BCUT2D eigenvalue weighted by atomic mass is 19.1. The van der Waals surface area contributed by atoms with Crippen LogP contribution in [0.15, 0.2) is 60.9 Å². The van der Waals surface area contributed by atoms with Crippen molar-refractivity contribution in [1.29, 1.82) is 5.26 Å². The van der Waals surface area contributed by atoms with Crippen LogP contribution in [0.4, 0.5) is 15.9 Å². The second kappa shape index (κ2) is 10.9. The summed E-state index contributed by atoms with van der Waals surface area (Å²) < 4.78 is 22.7. The van der Waals surface area contributed by atoms with E-state index in [1.54, 1.807) is 29.4 Å². The van der Waals surface area contributed by atoms with Gasteiger partial charge in [0.15, 0.2) is 5.82 Å². The van der Waals surface area contributed by atoms with E-state index in [4.69, 9.17) is 9.72 Å². The molecule has 0 radical (unpaired) electrons. The summed E-state index contributed by atoms with van der Waals surface area (Å²) in [7, 11) is 1.86. The number of carbonyl (C=O) groups excluding carboxylic acids is 1. The molecule has 5 aromatic rings. The Bertz CT molecular complexity index is 2040. The van der Waals surface area contributed by atoms with E-state index in [2.05, 4.69) is 21.2 Å². The number of nitrogens with zero attached hydrogens (tertiary/aromatic N) is 7. The molecule has 2 aromatic heterocycles. The van der Waals surface area contributed by atoms with Crippen molar-refractivity contribution in [3.05, 3.63) is 89.1 Å². The minimum Gasteiger partial charge on any atom is -0.380 e. The number of carbonyl (C=O) groups is 1. The molecule has 0 spiro atoms. The summed E-state index contributed by atoms with van der Waals surface area (Å²) in [5.74, 6) is 0.758. The van der Waals surface area contributed by atoms with Gasteiger partial charge in [-0.2, -0.15) is 5.26 Å². The van der Waals surface area contributed by atoms with Crippen molar-refractivity contribution < 1.29 is 13.9 Å². The highest BCUT2D eigenvalue weighted by Crippen LogP contribution is 2.47. The molecule has 0 unspecified atom stereocenters. The summed E-state index contributed by atoms with van der Waals surface area (Å²) in [6.07, 6.45) is 4.56. The molecular formula is C35H30FN7O2. The monoisotopic (exact) mass is 599 g/mol. The lowest BCUT2D eigenvalue weighted by atomic mass is 9.93. The van der Waals surface area contributed by atoms with Crippen molar-refractivity contribution >= 4 is 28.2 Å². The Labute approximate surface area is 259 Å². The van der Waals surface area contributed by atoms with Gasteiger partial charge >= 0.3 is 0 Å². The highest BCUT2D eigenvalue weighted by molar-refractivity contribution is 6.28. The fourth-order valence-electron chi connectivity index (χ4n) is 6.70. The Morgan fingerprint density at radius 2 is 1.96 bits per heavy atom. The fourth-order valence-corrected chi connectivity index (χ4v) is 6.70. The second-order valence-corrected chi connectivity index (χ2v) is 12.0. The maximum absolute atomic E-state index is 15.2. The van der Waals surface area contributed by atoms with Gasteiger partial charge in [-0.1, -0.05) is 24.3 Å². The normalized spacial score (nSPS) is 16.7. The number of aromatic nitrogens is 4. The van der Waals surface area contributed by atoms with Gasteiger partial charge in [0.2, 0.25) is 0 Å². The van der Waals surface area contributed by atoms with Crippen molar-refractivity contribution in [2.45, 2.75) is 31.7 Å². The van der Waals surface area contributed by atoms with Crippen LogP contribution in [-0.4, -0.2) is 56.9 Å². The number of hydrogen-bond donors (Lipinski definition) is 0. The van der Waals surface area contributed by atoms with Crippen LogP contribution in [0.25, 0.3) is 33.3 Å². The van der Waals surface area contributed by atoms with Crippen LogP contribution >= 0.6 is 0 Å². The SMILES string of the molecule is Cn1cnnc1-c1cccc(C#N)c1-c1cc(C2CC2)nc(N2C(=O)c3c(CN4CCCOCC4)ccc4c(F)ccc2c34)c1. The number of benzene rings is 3. The van der Waals surface area contributed by atoms with E-state index in [0.29, 0.717) is 57.9 Å². The Hall–Kier alpha value is -4.98. The maximum atomic E-state index is 15.2. The lowest BCUT2D eigenvalue weighted by Crippen LogP contribution is -2.28. The standard InChI is InChI=1S/C35H30FN7O2/c1-41-20-38-40-34(41)26-5-2-4-22(18-37)31(26)24-16-28(21-6-7-21)39-30(17-24)43-29-11-10-27(36)25-9-8-23(32(33(25)29)35(43)44)19-42-12-3-14-45-15-13-42/h2,4-5,8-11,16-17,20-21H,3,6-7,12-15,19H2,1H3. The number of nitriles is 1. The number of rotatable bonds is 6. The molecule has 0 bridgehead atoms. The van der Waals surface area contributed by atoms with Crippen LogP contribution in [-0.2, 0) is 18.3 Å². The molecule has 45 heavy (non-hydrogen) atoms. The summed E-state index contributed by atoms with van der Waals surface area (Å²) in [5.41, 5.74) is 5.58. The number of aryl methyl sites for hydroxylation is 1. The van der Waals surface area contributed by atoms with Crippen molar-refractivity contribution in [3.63, 3.8) is 0 Å². The molecule has 224 valence electrons. The molecule has 8 rings (SSSR count). The molecule has 9 nitrogen and oxygen atoms in total. The van der Waals surface area contributed by atoms with Gasteiger partial charge in [0.05, 0.1) is 29.5 Å². The first-order chi connectivity index (χ1) is 22.0. The Kier molecular flexibility index (Phi) is 6.66. The van der Waals surface area contributed by atoms with E-state index in [9.17, 15) is 10.1 Å². The maximum Gasteiger partial charge on any atom is 0.265 e. The Morgan fingerprint density at radius 3 is 2.76 bits per heavy atom. The first-order valence-electron chi connectivity index (χ1n) is 15.3. The second-order valence-electron chi connectivity index (χ2n) is 12.0. The molecule has 1 amide bonds. The van der Waals surface area contributed by atoms with E-state index in [0.717, 1.165) is 61.3 Å². The van der Waals surface area contributed by atoms with E-state index >= 15 is 4.39 Å². The third-order valence-electron chi connectivity index (χ3n) is 9.04. The summed E-state index contributed by atoms with van der Waals surface area (Å²) >= 11 is 0. The Morgan fingerprint density at radius 1 is 1.07 bits per heavy atom. The molecule has 2 fully saturated rings. The Balaban J connectivity index is 1.30. The molecule has 10 heteroatoms. The lowest BCUT2D eigenvalue weighted by molar-refractivity contribution is 0.100. The van der Waals surface area contributed by atoms with Gasteiger partial charge in [-0.3, -0.25) is 14.6 Å². The van der Waals surface area contributed by atoms with Crippen molar-refractivity contribution in [2.24, 2.45) is 7.05 Å². The topological polar surface area (TPSA) is 100 Å². The molecule has 1 saturated carbocycles. The average Bonchev–Trinajstić information content (AvgIpc) is 3.81. The minimum absolute atomic E-state index is 0.226. The molecule has 4 heterocycles. The van der Waals surface area contributed by atoms with Gasteiger partial charge in [0.1, 0.15) is 18.0 Å². The predicted molar refractivity (Wildman–Crippen MR) is 167 cm³/mol. The summed E-state index contributed by atoms with van der Waals surface area (Å²) in [5, 5.41) is 19.6. The first kappa shape index (κ1) is 27.6. The van der Waals surface area contributed by atoms with E-state index in [1.165, 1.54) is 6.07 Å². The molecular weight excluding hydrogens is 569 g/mol. The quantitative estimate of drug-likeness (QED) is 0.233. The third kappa shape index (κ3) is 4.67. The van der Waals surface area contributed by atoms with Crippen LogP contribution in [0.1, 0.15) is 52.4 Å². The van der Waals surface area contributed by atoms with E-state index < -0.39 is 0 Å². The zero-order chi connectivity index (χ0) is 30.7. The number of halogens is 1. The largest absolute Gasteiger partial charge is 0.380 e. The highest BCUT2D eigenvalue weighted by Gasteiger charge is 2.37. The van der Waals surface area contributed by atoms with Crippen LogP contribution in [0.5, 0.6) is 0 Å². The number of hydrogen-bond acceptors (Lipinski definition) is 7. The smallest absolute Gasteiger partial charge is 0.265 e. The lowest BCUT2D eigenvalue weighted by Gasteiger charge is -2.21. The van der Waals surface area contributed by atoms with Crippen LogP contribution in [0.3, 0.4) is 0 Å². The molecule has 3 aromatic carbocycles. The van der Waals surface area contributed by atoms with Crippen molar-refractivity contribution in [3.8, 4) is 28.6 Å². The zero-order valence-corrected chi connectivity index (χ0v) is 24.8. The minimum atomic E-state index is -0.365. The molecule has 1 aliphatic carbocycles. The third-order valence-corrected chi connectivity index (χ3v) is 9.04. The molecule has 1 saturated heterocycles. The fraction of sp³-hybridized carbons (Fsp3) is 0.286. The van der Waals surface area contributed by atoms with Gasteiger partial charge in [-0.25, -0.2) is 9.37 Å². The van der Waals surface area contributed by atoms with Gasteiger partial charge in [-0.15, -0.1) is 10.2 Å². The number of amides is 1. The van der Waals surface area contributed by atoms with Gasteiger partial charge < -0.3 is 9.30 Å². The molecule has 0 N–H and O–H groups in total. The molecule has 0 atom stereocenters. The molecule has 3 aliphatic rings. The number of ether oxygens (including phenoxy) is 1. The van der Waals surface area contributed by atoms with Crippen molar-refractivity contribution in [2.75, 3.05) is 31.2 Å². The van der Waals surface area contributed by atoms with Gasteiger partial charge in [0, 0.05) is 66.8 Å².